The van der Waals surface area contributed by atoms with Crippen LogP contribution >= 0.6 is 11.3 Å². The van der Waals surface area contributed by atoms with Crippen molar-refractivity contribution in [2.75, 3.05) is 6.54 Å². The molecule has 0 saturated carbocycles. The van der Waals surface area contributed by atoms with E-state index in [9.17, 15) is 4.79 Å². The van der Waals surface area contributed by atoms with Crippen molar-refractivity contribution >= 4 is 17.3 Å². The van der Waals surface area contributed by atoms with E-state index >= 15 is 0 Å². The largest absolute Gasteiger partial charge is 0.481 e. The molecule has 1 N–H and O–H groups in total. The molecule has 0 bridgehead atoms. The van der Waals surface area contributed by atoms with E-state index in [4.69, 9.17) is 5.11 Å². The van der Waals surface area contributed by atoms with Crippen molar-refractivity contribution in [1.82, 2.24) is 9.88 Å². The van der Waals surface area contributed by atoms with Crippen molar-refractivity contribution in [2.24, 2.45) is 0 Å². The summed E-state index contributed by atoms with van der Waals surface area (Å²) >= 11 is 1.56. The van der Waals surface area contributed by atoms with Gasteiger partial charge >= 0.3 is 5.97 Å². The average molecular weight is 228 g/mol. The van der Waals surface area contributed by atoms with Gasteiger partial charge in [0.05, 0.1) is 17.6 Å². The monoisotopic (exact) mass is 228 g/mol. The number of hydrogen-bond donors (Lipinski definition) is 1. The second-order valence-corrected chi connectivity index (χ2v) is 4.41. The van der Waals surface area contributed by atoms with E-state index in [1.807, 2.05) is 5.38 Å². The van der Waals surface area contributed by atoms with Crippen LogP contribution in [-0.2, 0) is 11.3 Å². The summed E-state index contributed by atoms with van der Waals surface area (Å²) in [6.07, 6.45) is 0.183. The number of carbonyl (C=O) groups is 1. The normalized spacial score (nSPS) is 11.2. The molecular weight excluding hydrogens is 212 g/mol. The molecular formula is C10H16N2O2S. The molecule has 0 aliphatic rings. The minimum absolute atomic E-state index is 0.183. The molecule has 5 heteroatoms. The highest BCUT2D eigenvalue weighted by Crippen LogP contribution is 2.09. The maximum atomic E-state index is 10.5. The van der Waals surface area contributed by atoms with E-state index in [2.05, 4.69) is 23.7 Å². The Hall–Kier alpha value is -0.940. The van der Waals surface area contributed by atoms with E-state index in [0.717, 1.165) is 12.2 Å². The molecule has 0 radical (unpaired) electrons. The number of hydrogen-bond acceptors (Lipinski definition) is 4. The molecule has 84 valence electrons. The first kappa shape index (κ1) is 12.1. The SMILES string of the molecule is CC(C)N(CCC(=O)O)Cc1cscn1. The third-order valence-electron chi connectivity index (χ3n) is 2.19. The first-order valence-corrected chi connectivity index (χ1v) is 5.86. The Morgan fingerprint density at radius 3 is 2.87 bits per heavy atom. The van der Waals surface area contributed by atoms with Crippen LogP contribution in [0.15, 0.2) is 10.9 Å². The van der Waals surface area contributed by atoms with Crippen molar-refractivity contribution in [3.63, 3.8) is 0 Å². The Kier molecular flexibility index (Phi) is 4.71. The summed E-state index contributed by atoms with van der Waals surface area (Å²) in [6.45, 7) is 5.43. The lowest BCUT2D eigenvalue weighted by molar-refractivity contribution is -0.137. The molecule has 0 aromatic carbocycles. The molecule has 15 heavy (non-hydrogen) atoms. The molecule has 0 aliphatic carbocycles. The quantitative estimate of drug-likeness (QED) is 0.807. The zero-order valence-corrected chi connectivity index (χ0v) is 9.83. The Labute approximate surface area is 93.6 Å². The Balaban J connectivity index is 2.47. The third-order valence-corrected chi connectivity index (χ3v) is 2.83. The number of aromatic nitrogens is 1. The van der Waals surface area contributed by atoms with Gasteiger partial charge in [-0.1, -0.05) is 0 Å². The lowest BCUT2D eigenvalue weighted by Crippen LogP contribution is -2.32. The Bertz CT molecular complexity index is 298. The maximum absolute atomic E-state index is 10.5. The highest BCUT2D eigenvalue weighted by atomic mass is 32.1. The van der Waals surface area contributed by atoms with Crippen molar-refractivity contribution in [1.29, 1.82) is 0 Å². The van der Waals surface area contributed by atoms with Crippen LogP contribution < -0.4 is 0 Å². The Morgan fingerprint density at radius 1 is 1.67 bits per heavy atom. The van der Waals surface area contributed by atoms with Crippen molar-refractivity contribution in [3.05, 3.63) is 16.6 Å². The second kappa shape index (κ2) is 5.82. The molecule has 0 unspecified atom stereocenters. The fourth-order valence-electron chi connectivity index (χ4n) is 1.28. The van der Waals surface area contributed by atoms with Gasteiger partial charge in [0.2, 0.25) is 0 Å². The zero-order chi connectivity index (χ0) is 11.3. The summed E-state index contributed by atoms with van der Waals surface area (Å²) in [5, 5.41) is 10.6. The fourth-order valence-corrected chi connectivity index (χ4v) is 1.83. The van der Waals surface area contributed by atoms with Crippen LogP contribution in [0.25, 0.3) is 0 Å². The fraction of sp³-hybridized carbons (Fsp3) is 0.600. The van der Waals surface area contributed by atoms with Crippen LogP contribution in [0.2, 0.25) is 0 Å². The van der Waals surface area contributed by atoms with Gasteiger partial charge in [-0.2, -0.15) is 0 Å². The van der Waals surface area contributed by atoms with Gasteiger partial charge in [0, 0.05) is 24.5 Å². The van der Waals surface area contributed by atoms with Crippen molar-refractivity contribution in [2.45, 2.75) is 32.9 Å². The average Bonchev–Trinajstić information content (AvgIpc) is 2.63. The van der Waals surface area contributed by atoms with Gasteiger partial charge in [-0.25, -0.2) is 4.98 Å². The molecule has 0 atom stereocenters. The smallest absolute Gasteiger partial charge is 0.304 e. The van der Waals surface area contributed by atoms with Crippen LogP contribution in [0.1, 0.15) is 26.0 Å². The van der Waals surface area contributed by atoms with Gasteiger partial charge < -0.3 is 5.11 Å². The van der Waals surface area contributed by atoms with Gasteiger partial charge in [0.15, 0.2) is 0 Å². The summed E-state index contributed by atoms with van der Waals surface area (Å²) in [4.78, 5) is 16.8. The van der Waals surface area contributed by atoms with E-state index in [-0.39, 0.29) is 6.42 Å². The van der Waals surface area contributed by atoms with E-state index < -0.39 is 5.97 Å². The number of nitrogens with zero attached hydrogens (tertiary/aromatic N) is 2. The molecule has 0 fully saturated rings. The van der Waals surface area contributed by atoms with Crippen molar-refractivity contribution in [3.8, 4) is 0 Å². The minimum atomic E-state index is -0.751. The zero-order valence-electron chi connectivity index (χ0n) is 9.01. The van der Waals surface area contributed by atoms with E-state index in [0.29, 0.717) is 12.6 Å². The lowest BCUT2D eigenvalue weighted by atomic mass is 10.2. The lowest BCUT2D eigenvalue weighted by Gasteiger charge is -2.24. The number of aliphatic carboxylic acids is 1. The minimum Gasteiger partial charge on any atom is -0.481 e. The first-order valence-electron chi connectivity index (χ1n) is 4.92. The predicted molar refractivity (Wildman–Crippen MR) is 59.9 cm³/mol. The summed E-state index contributed by atoms with van der Waals surface area (Å²) in [5.41, 5.74) is 2.81. The number of carboxylic acid groups (broad SMARTS) is 1. The van der Waals surface area contributed by atoms with Crippen molar-refractivity contribution < 1.29 is 9.90 Å². The van der Waals surface area contributed by atoms with Gasteiger partial charge in [0.1, 0.15) is 0 Å². The highest BCUT2D eigenvalue weighted by molar-refractivity contribution is 7.07. The van der Waals surface area contributed by atoms with Crippen LogP contribution in [-0.4, -0.2) is 33.5 Å². The Morgan fingerprint density at radius 2 is 2.40 bits per heavy atom. The van der Waals surface area contributed by atoms with Crippen LogP contribution in [0, 0.1) is 0 Å². The van der Waals surface area contributed by atoms with Gasteiger partial charge in [-0.15, -0.1) is 11.3 Å². The molecule has 0 aliphatic heterocycles. The second-order valence-electron chi connectivity index (χ2n) is 3.69. The molecule has 1 aromatic heterocycles. The predicted octanol–water partition coefficient (Wildman–Crippen LogP) is 1.83. The van der Waals surface area contributed by atoms with Gasteiger partial charge in [0.25, 0.3) is 0 Å². The number of rotatable bonds is 6. The molecule has 0 saturated heterocycles. The number of thiazole rings is 1. The van der Waals surface area contributed by atoms with Crippen LogP contribution in [0.3, 0.4) is 0 Å². The number of carboxylic acids is 1. The molecule has 1 heterocycles. The van der Waals surface area contributed by atoms with Crippen LogP contribution in [0.4, 0.5) is 0 Å². The maximum Gasteiger partial charge on any atom is 0.304 e. The molecule has 1 rings (SSSR count). The van der Waals surface area contributed by atoms with Crippen LogP contribution in [0.5, 0.6) is 0 Å². The van der Waals surface area contributed by atoms with Gasteiger partial charge in [-0.3, -0.25) is 9.69 Å². The topological polar surface area (TPSA) is 53.4 Å². The molecule has 4 nitrogen and oxygen atoms in total. The van der Waals surface area contributed by atoms with Gasteiger partial charge in [-0.05, 0) is 13.8 Å². The van der Waals surface area contributed by atoms with E-state index in [1.165, 1.54) is 0 Å². The molecule has 1 aromatic rings. The first-order chi connectivity index (χ1) is 7.09. The summed E-state index contributed by atoms with van der Waals surface area (Å²) in [6, 6.07) is 0.339. The third kappa shape index (κ3) is 4.40. The highest BCUT2D eigenvalue weighted by Gasteiger charge is 2.12. The molecule has 0 spiro atoms. The molecule has 0 amide bonds. The summed E-state index contributed by atoms with van der Waals surface area (Å²) < 4.78 is 0. The van der Waals surface area contributed by atoms with E-state index in [1.54, 1.807) is 16.8 Å². The summed E-state index contributed by atoms with van der Waals surface area (Å²) in [5.74, 6) is -0.751. The standard InChI is InChI=1S/C10H16N2O2S/c1-8(2)12(4-3-10(13)14)5-9-6-15-7-11-9/h6-8H,3-5H2,1-2H3,(H,13,14). The summed E-state index contributed by atoms with van der Waals surface area (Å²) in [7, 11) is 0.